The quantitative estimate of drug-likeness (QED) is 0.00748. The Bertz CT molecular complexity index is 4710. The van der Waals surface area contributed by atoms with E-state index in [9.17, 15) is 33.6 Å². The molecule has 0 radical (unpaired) electrons. The Morgan fingerprint density at radius 1 is 0.429 bits per heavy atom. The van der Waals surface area contributed by atoms with Crippen molar-refractivity contribution in [3.63, 3.8) is 0 Å². The Morgan fingerprint density at radius 3 is 1.09 bits per heavy atom. The van der Waals surface area contributed by atoms with Gasteiger partial charge in [0.25, 0.3) is 0 Å². The average molecular weight is 1720 g/mol. The van der Waals surface area contributed by atoms with Crippen molar-refractivity contribution >= 4 is 52.7 Å². The zero-order valence-electron chi connectivity index (χ0n) is 74.1. The molecule has 0 bridgehead atoms. The predicted molar refractivity (Wildman–Crippen MR) is 496 cm³/mol. The molecule has 4 saturated heterocycles. The van der Waals surface area contributed by atoms with Crippen molar-refractivity contribution in [2.75, 3.05) is 80.5 Å². The second kappa shape index (κ2) is 53.5. The van der Waals surface area contributed by atoms with Crippen LogP contribution in [0.5, 0.6) is 0 Å². The topological polar surface area (TPSA) is 419 Å². The van der Waals surface area contributed by atoms with E-state index in [-0.39, 0.29) is 59.5 Å². The first-order valence-electron chi connectivity index (χ1n) is 44.8. The number of rotatable bonds is 39. The van der Waals surface area contributed by atoms with E-state index in [2.05, 4.69) is 78.1 Å². The van der Waals surface area contributed by atoms with Gasteiger partial charge >= 0.3 is 17.8 Å². The van der Waals surface area contributed by atoms with Crippen molar-refractivity contribution in [2.45, 2.75) is 191 Å². The van der Waals surface area contributed by atoms with Crippen LogP contribution < -0.4 is 45.5 Å². The highest BCUT2D eigenvalue weighted by atomic mass is 16.7. The van der Waals surface area contributed by atoms with Crippen LogP contribution in [-0.4, -0.2) is 187 Å². The van der Waals surface area contributed by atoms with E-state index in [1.165, 1.54) is 51.4 Å². The molecule has 4 aliphatic heterocycles. The third kappa shape index (κ3) is 36.2. The van der Waals surface area contributed by atoms with E-state index in [0.717, 1.165) is 148 Å². The summed E-state index contributed by atoms with van der Waals surface area (Å²) >= 11 is 0. The van der Waals surface area contributed by atoms with E-state index in [4.69, 9.17) is 54.2 Å². The number of alkyl carbamates (subject to hydrolysis) is 1. The molecule has 4 aliphatic rings. The number of ether oxygens (including phenoxy) is 1. The number of benzene rings is 7. The van der Waals surface area contributed by atoms with Crippen molar-refractivity contribution in [1.29, 1.82) is 5.41 Å². The molecule has 0 unspecified atom stereocenters. The number of piperidine rings is 4. The second-order valence-electron chi connectivity index (χ2n) is 34.3. The summed E-state index contributed by atoms with van der Waals surface area (Å²) in [6.45, 7) is 9.64. The summed E-state index contributed by atoms with van der Waals surface area (Å²) < 4.78 is 9.66. The highest BCUT2D eigenvalue weighted by Crippen LogP contribution is 2.27. The molecule has 27 heteroatoms. The van der Waals surface area contributed by atoms with Crippen LogP contribution in [0.25, 0.3) is 11.4 Å². The summed E-state index contributed by atoms with van der Waals surface area (Å²) in [5.74, 6) is 2.95. The van der Waals surface area contributed by atoms with Crippen LogP contribution >= 0.6 is 0 Å². The van der Waals surface area contributed by atoms with Gasteiger partial charge in [-0.2, -0.15) is 0 Å². The molecular weight excluding hydrogens is 1590 g/mol. The number of hydrogen-bond donors (Lipinski definition) is 9. The number of Topliss-reactive ketones (excluding diaryl/α,β-unsaturated/α-hetero) is 4. The lowest BCUT2D eigenvalue weighted by Crippen LogP contribution is -2.34. The minimum atomic E-state index is -0.669. The molecule has 0 spiro atoms. The summed E-state index contributed by atoms with van der Waals surface area (Å²) in [7, 11) is 8.63. The Balaban J connectivity index is 0.000000191. The number of nitrogens with one attached hydrogen (secondary N) is 3. The normalized spacial score (nSPS) is 16.3. The number of carbonyl (C=O) groups is 6. The molecule has 126 heavy (non-hydrogen) atoms. The first-order chi connectivity index (χ1) is 60.8. The molecule has 12 rings (SSSR count). The van der Waals surface area contributed by atoms with Gasteiger partial charge in [0.2, 0.25) is 0 Å². The lowest BCUT2D eigenvalue weighted by Gasteiger charge is -2.29. The zero-order chi connectivity index (χ0) is 90.0. The zero-order valence-corrected chi connectivity index (χ0v) is 74.1. The number of aromatic nitrogens is 2. The SMILES string of the molecule is CN1CCC(CC[C@H](N)C(=O)CCc2ccc(-c3noc(=O)[nH]3)cc2)CC1.CN1CCC(CC[C@H](N)C(=O)CCc2ccc(C(=N)NC(=O)OCc3ccccc3)cc2)CC1.CN1CCC(CC[C@H](N)C(=O)CCc2ccc(C(N)=NOC(=O)c3ccccc3)cc2)CC1.CN1CCC(CC[C@H](N)C(=O)CCc2ccc(C(N)=NOCc3ccccc3)cc2)CC1. The number of likely N-dealkylation sites (tertiary alicyclic amines) is 4. The number of nitrogens with zero attached hydrogens (tertiary/aromatic N) is 7. The first-order valence-corrected chi connectivity index (χ1v) is 44.8. The van der Waals surface area contributed by atoms with Gasteiger partial charge in [-0.15, -0.1) is 0 Å². The van der Waals surface area contributed by atoms with Crippen molar-refractivity contribution in [1.82, 2.24) is 35.1 Å². The standard InChI is InChI=1S/C27H36N4O3.C26H34N4O3.C26H36N4O2.C20H28N4O3/c1-31-17-15-21(16-18-31)9-13-24(28)25(32)14-10-20-7-11-23(12-8-20)26(29)30-27(33)34-19-22-5-3-2-4-6-22;1-30-17-15-20(16-18-30)9-13-23(27)24(31)14-10-19-7-11-21(12-8-19)25(28)29-33-26(32)22-5-3-2-4-6-22;1-30-17-15-21(16-18-30)9-13-24(27)25(31)14-10-20-7-11-23(12-8-20)26(28)29-32-19-22-5-3-2-4-6-22;1-24-12-10-15(11-13-24)4-8-17(21)18(25)9-5-14-2-6-16(7-3-14)19-22-20(26)27-23-19/h2-8,11-12,21,24H,9-10,13-19,28H2,1H3,(H2,29,30,33);2-8,11-12,20,23H,9-10,13-18,27H2,1H3,(H2,28,29);2-8,11-12,21,24H,9-10,13-19,27H2,1H3,(H2,28,29);2-3,6-7,15,17H,4-5,8-13,21H2,1H3,(H,22,23,26)/t24-;23-;24-;17-/m0000/s1. The molecule has 7 aromatic carbocycles. The van der Waals surface area contributed by atoms with Crippen molar-refractivity contribution < 1.29 is 47.7 Å². The molecule has 676 valence electrons. The summed E-state index contributed by atoms with van der Waals surface area (Å²) in [5.41, 5.74) is 45.8. The maximum absolute atomic E-state index is 12.5. The third-order valence-electron chi connectivity index (χ3n) is 24.5. The Morgan fingerprint density at radius 2 is 0.746 bits per heavy atom. The average Bonchev–Trinajstić information content (AvgIpc) is 1.76. The fraction of sp³-hybridized carbons (Fsp3) is 0.465. The largest absolute Gasteiger partial charge is 0.444 e. The molecule has 8 aromatic rings. The number of aryl methyl sites for hydroxylation is 4. The maximum atomic E-state index is 12.5. The number of aromatic amines is 1. The Labute approximate surface area is 743 Å². The summed E-state index contributed by atoms with van der Waals surface area (Å²) in [6, 6.07) is 56.3. The number of ketones is 4. The van der Waals surface area contributed by atoms with Crippen LogP contribution in [0.2, 0.25) is 0 Å². The van der Waals surface area contributed by atoms with Gasteiger partial charge in [0.15, 0.2) is 17.5 Å². The number of amidine groups is 3. The molecule has 15 N–H and O–H groups in total. The summed E-state index contributed by atoms with van der Waals surface area (Å²) in [6.07, 6.45) is 20.6. The second-order valence-corrected chi connectivity index (χ2v) is 34.3. The van der Waals surface area contributed by atoms with Gasteiger partial charge in [-0.25, -0.2) is 14.4 Å². The highest BCUT2D eigenvalue weighted by Gasteiger charge is 2.26. The lowest BCUT2D eigenvalue weighted by atomic mass is 9.89. The van der Waals surface area contributed by atoms with Crippen LogP contribution in [0.3, 0.4) is 0 Å². The lowest BCUT2D eigenvalue weighted by molar-refractivity contribution is -0.121. The highest BCUT2D eigenvalue weighted by molar-refractivity contribution is 6.04. The van der Waals surface area contributed by atoms with Crippen LogP contribution in [-0.2, 0) is 72.5 Å². The van der Waals surface area contributed by atoms with E-state index in [1.54, 1.807) is 48.5 Å². The molecule has 0 aliphatic carbocycles. The van der Waals surface area contributed by atoms with Gasteiger partial charge in [0.05, 0.1) is 29.7 Å². The molecule has 4 fully saturated rings. The fourth-order valence-electron chi connectivity index (χ4n) is 15.7. The molecule has 1 aromatic heterocycles. The summed E-state index contributed by atoms with van der Waals surface area (Å²) in [5, 5.41) is 21.9. The van der Waals surface area contributed by atoms with Gasteiger partial charge in [0.1, 0.15) is 42.2 Å². The molecule has 5 heterocycles. The number of H-pyrrole nitrogens is 1. The van der Waals surface area contributed by atoms with Crippen molar-refractivity contribution in [2.24, 2.45) is 68.4 Å². The van der Waals surface area contributed by atoms with Crippen molar-refractivity contribution in [3.05, 3.63) is 254 Å². The van der Waals surface area contributed by atoms with Crippen LogP contribution in [0, 0.1) is 29.1 Å². The number of amides is 1. The van der Waals surface area contributed by atoms with Gasteiger partial charge in [-0.05, 0) is 278 Å². The number of nitrogens with two attached hydrogens (primary N) is 6. The van der Waals surface area contributed by atoms with Crippen molar-refractivity contribution in [3.8, 4) is 11.4 Å². The monoisotopic (exact) mass is 1720 g/mol. The van der Waals surface area contributed by atoms with E-state index in [0.29, 0.717) is 110 Å². The third-order valence-corrected chi connectivity index (χ3v) is 24.5. The van der Waals surface area contributed by atoms with Crippen LogP contribution in [0.4, 0.5) is 4.79 Å². The Kier molecular flexibility index (Phi) is 41.9. The van der Waals surface area contributed by atoms with Gasteiger partial charge in [0, 0.05) is 47.9 Å². The predicted octanol–water partition coefficient (Wildman–Crippen LogP) is 12.5. The fourth-order valence-corrected chi connectivity index (χ4v) is 15.7. The van der Waals surface area contributed by atoms with E-state index in [1.807, 2.05) is 140 Å². The smallest absolute Gasteiger partial charge is 0.439 e. The molecule has 27 nitrogen and oxygen atoms in total. The molecule has 4 atom stereocenters. The van der Waals surface area contributed by atoms with E-state index < -0.39 is 23.9 Å². The number of hydrogen-bond acceptors (Lipinski definition) is 23. The molecular formula is C99H134N16O11. The summed E-state index contributed by atoms with van der Waals surface area (Å²) in [4.78, 5) is 107. The minimum Gasteiger partial charge on any atom is -0.444 e. The van der Waals surface area contributed by atoms with Gasteiger partial charge < -0.3 is 68.4 Å². The van der Waals surface area contributed by atoms with Crippen LogP contribution in [0.1, 0.15) is 189 Å². The first kappa shape index (κ1) is 98.8. The maximum Gasteiger partial charge on any atom is 0.439 e. The van der Waals surface area contributed by atoms with Gasteiger partial charge in [-0.3, -0.25) is 39.4 Å². The van der Waals surface area contributed by atoms with E-state index >= 15 is 0 Å². The molecule has 1 amide bonds. The molecule has 0 saturated carbocycles. The van der Waals surface area contributed by atoms with Gasteiger partial charge in [-0.1, -0.05) is 191 Å². The minimum absolute atomic E-state index is 0.0309. The number of oxime groups is 2. The number of carbonyl (C=O) groups excluding carboxylic acids is 6. The Hall–Kier alpha value is -11.0. The van der Waals surface area contributed by atoms with Crippen LogP contribution in [0.15, 0.2) is 208 Å².